The molecular weight excluding hydrogens is 416 g/mol. The molecule has 2 amide bonds. The molecule has 0 spiro atoms. The molecule has 1 aliphatic rings. The van der Waals surface area contributed by atoms with Gasteiger partial charge in [-0.2, -0.15) is 5.10 Å². The van der Waals surface area contributed by atoms with Crippen LogP contribution in [0.3, 0.4) is 0 Å². The van der Waals surface area contributed by atoms with Gasteiger partial charge >= 0.3 is 0 Å². The molecule has 29 heavy (non-hydrogen) atoms. The molecular formula is C19H14ClN4O4S-. The van der Waals surface area contributed by atoms with Crippen LogP contribution in [0.1, 0.15) is 22.3 Å². The van der Waals surface area contributed by atoms with E-state index >= 15 is 0 Å². The molecule has 0 unspecified atom stereocenters. The third-order valence-corrected chi connectivity index (χ3v) is 5.29. The summed E-state index contributed by atoms with van der Waals surface area (Å²) in [5.41, 5.74) is 6.50. The highest BCUT2D eigenvalue weighted by atomic mass is 35.5. The zero-order valence-corrected chi connectivity index (χ0v) is 16.4. The summed E-state index contributed by atoms with van der Waals surface area (Å²) in [5.74, 6) is -2.37. The van der Waals surface area contributed by atoms with E-state index in [0.717, 1.165) is 16.7 Å². The molecule has 1 heterocycles. The van der Waals surface area contributed by atoms with Gasteiger partial charge < -0.3 is 15.6 Å². The van der Waals surface area contributed by atoms with E-state index in [0.29, 0.717) is 10.6 Å². The molecule has 3 rings (SSSR count). The minimum Gasteiger partial charge on any atom is -0.545 e. The van der Waals surface area contributed by atoms with Gasteiger partial charge in [0.15, 0.2) is 5.17 Å². The lowest BCUT2D eigenvalue weighted by molar-refractivity contribution is -0.255. The average molecular weight is 430 g/mol. The number of carbonyl (C=O) groups is 3. The molecule has 0 aromatic heterocycles. The van der Waals surface area contributed by atoms with E-state index < -0.39 is 23.0 Å². The lowest BCUT2D eigenvalue weighted by Crippen LogP contribution is -2.32. The van der Waals surface area contributed by atoms with Crippen LogP contribution in [0.25, 0.3) is 0 Å². The molecule has 0 saturated carbocycles. The minimum absolute atomic E-state index is 0.00444. The van der Waals surface area contributed by atoms with Gasteiger partial charge in [-0.15, -0.1) is 5.10 Å². The number of imide groups is 1. The van der Waals surface area contributed by atoms with Crippen LogP contribution < -0.4 is 15.7 Å². The summed E-state index contributed by atoms with van der Waals surface area (Å²) in [6.07, 6.45) is 1.33. The first-order chi connectivity index (χ1) is 13.9. The Kier molecular flexibility index (Phi) is 6.30. The maximum atomic E-state index is 12.6. The van der Waals surface area contributed by atoms with Crippen molar-refractivity contribution in [3.05, 3.63) is 64.7 Å². The summed E-state index contributed by atoms with van der Waals surface area (Å²) < 4.78 is 0. The Morgan fingerprint density at radius 2 is 2.00 bits per heavy atom. The first-order valence-electron chi connectivity index (χ1n) is 8.32. The van der Waals surface area contributed by atoms with Crippen LogP contribution in [-0.4, -0.2) is 34.4 Å². The second-order valence-corrected chi connectivity index (χ2v) is 7.55. The minimum atomic E-state index is -1.40. The van der Waals surface area contributed by atoms with Crippen molar-refractivity contribution in [2.45, 2.75) is 11.7 Å². The summed E-state index contributed by atoms with van der Waals surface area (Å²) in [7, 11) is 0. The molecule has 2 aromatic rings. The second kappa shape index (κ2) is 8.89. The van der Waals surface area contributed by atoms with E-state index in [1.165, 1.54) is 30.5 Å². The molecule has 1 atom stereocenters. The second-order valence-electron chi connectivity index (χ2n) is 5.92. The van der Waals surface area contributed by atoms with E-state index in [1.54, 1.807) is 24.3 Å². The highest BCUT2D eigenvalue weighted by molar-refractivity contribution is 8.14. The van der Waals surface area contributed by atoms with Crippen molar-refractivity contribution < 1.29 is 19.5 Å². The summed E-state index contributed by atoms with van der Waals surface area (Å²) >= 11 is 6.92. The number of carboxylic acid groups (broad SMARTS) is 1. The van der Waals surface area contributed by atoms with Crippen LogP contribution in [0.2, 0.25) is 5.02 Å². The van der Waals surface area contributed by atoms with Crippen LogP contribution >= 0.6 is 23.4 Å². The number of anilines is 1. The third kappa shape index (κ3) is 4.82. The fourth-order valence-corrected chi connectivity index (χ4v) is 3.64. The Labute approximate surface area is 175 Å². The van der Waals surface area contributed by atoms with Crippen molar-refractivity contribution in [2.75, 3.05) is 4.90 Å². The lowest BCUT2D eigenvalue weighted by Gasteiger charge is -2.16. The molecule has 0 bridgehead atoms. The Balaban J connectivity index is 1.70. The molecule has 8 nitrogen and oxygen atoms in total. The van der Waals surface area contributed by atoms with Gasteiger partial charge in [-0.05, 0) is 23.8 Å². The Morgan fingerprint density at radius 1 is 1.24 bits per heavy atom. The van der Waals surface area contributed by atoms with Crippen LogP contribution in [-0.2, 0) is 9.59 Å². The largest absolute Gasteiger partial charge is 0.545 e. The smallest absolute Gasteiger partial charge is 0.247 e. The zero-order valence-electron chi connectivity index (χ0n) is 14.8. The van der Waals surface area contributed by atoms with Gasteiger partial charge in [-0.1, -0.05) is 53.7 Å². The van der Waals surface area contributed by atoms with E-state index in [1.807, 2.05) is 0 Å². The Bertz CT molecular complexity index is 1040. The van der Waals surface area contributed by atoms with Gasteiger partial charge in [0.05, 0.1) is 17.9 Å². The molecule has 2 aromatic carbocycles. The van der Waals surface area contributed by atoms with E-state index in [2.05, 4.69) is 10.2 Å². The number of hydrogen-bond donors (Lipinski definition) is 1. The zero-order chi connectivity index (χ0) is 21.0. The molecule has 1 fully saturated rings. The predicted octanol–water partition coefficient (Wildman–Crippen LogP) is 1.42. The van der Waals surface area contributed by atoms with Crippen LogP contribution in [0.4, 0.5) is 5.69 Å². The van der Waals surface area contributed by atoms with Crippen molar-refractivity contribution in [1.82, 2.24) is 0 Å². The molecule has 0 aliphatic carbocycles. The number of hydrogen-bond acceptors (Lipinski definition) is 7. The fraction of sp³-hybridized carbons (Fsp3) is 0.105. The summed E-state index contributed by atoms with van der Waals surface area (Å²) in [5, 5.41) is 18.4. The molecule has 1 saturated heterocycles. The molecule has 1 aliphatic heterocycles. The number of carboxylic acids is 1. The van der Waals surface area contributed by atoms with E-state index in [4.69, 9.17) is 17.3 Å². The number of carbonyl (C=O) groups excluding carboxylic acids is 3. The summed E-state index contributed by atoms with van der Waals surface area (Å²) in [4.78, 5) is 36.9. The van der Waals surface area contributed by atoms with Crippen LogP contribution in [0, 0.1) is 0 Å². The number of benzene rings is 2. The monoisotopic (exact) mass is 429 g/mol. The predicted molar refractivity (Wildman–Crippen MR) is 110 cm³/mol. The number of thioether (sulfide) groups is 1. The highest BCUT2D eigenvalue weighted by Crippen LogP contribution is 2.30. The topological polar surface area (TPSA) is 128 Å². The molecule has 10 heteroatoms. The Morgan fingerprint density at radius 3 is 2.72 bits per heavy atom. The van der Waals surface area contributed by atoms with Gasteiger partial charge in [0.2, 0.25) is 11.8 Å². The summed E-state index contributed by atoms with van der Waals surface area (Å²) in [6, 6.07) is 12.5. The number of aromatic carboxylic acids is 1. The van der Waals surface area contributed by atoms with Gasteiger partial charge in [0.1, 0.15) is 5.25 Å². The van der Waals surface area contributed by atoms with Crippen LogP contribution in [0.5, 0.6) is 0 Å². The molecule has 0 radical (unpaired) electrons. The number of rotatable bonds is 5. The van der Waals surface area contributed by atoms with Gasteiger partial charge in [0, 0.05) is 17.0 Å². The first-order valence-corrected chi connectivity index (χ1v) is 9.58. The Hall–Kier alpha value is -3.17. The van der Waals surface area contributed by atoms with Crippen molar-refractivity contribution in [3.8, 4) is 0 Å². The maximum Gasteiger partial charge on any atom is 0.247 e. The van der Waals surface area contributed by atoms with Crippen molar-refractivity contribution in [3.63, 3.8) is 0 Å². The van der Waals surface area contributed by atoms with Crippen molar-refractivity contribution >= 4 is 58.2 Å². The quantitative estimate of drug-likeness (QED) is 0.331. The van der Waals surface area contributed by atoms with Gasteiger partial charge in [-0.25, -0.2) is 4.90 Å². The third-order valence-electron chi connectivity index (χ3n) is 3.97. The molecule has 2 N–H and O–H groups in total. The normalized spacial score (nSPS) is 17.3. The first kappa shape index (κ1) is 20.6. The SMILES string of the molecule is NC(=N/N=C\c1ccccc1Cl)S[C@H]1CC(=O)N(c2cccc(C(=O)[O-])c2)C1=O. The number of amides is 2. The van der Waals surface area contributed by atoms with Crippen molar-refractivity contribution in [1.29, 1.82) is 0 Å². The van der Waals surface area contributed by atoms with Gasteiger partial charge in [0.25, 0.3) is 0 Å². The number of amidine groups is 1. The average Bonchev–Trinajstić information content (AvgIpc) is 2.96. The lowest BCUT2D eigenvalue weighted by atomic mass is 10.2. The van der Waals surface area contributed by atoms with Crippen LogP contribution in [0.15, 0.2) is 58.7 Å². The van der Waals surface area contributed by atoms with Gasteiger partial charge in [-0.3, -0.25) is 9.59 Å². The fourth-order valence-electron chi connectivity index (χ4n) is 2.64. The molecule has 148 valence electrons. The number of nitrogens with zero attached hydrogens (tertiary/aromatic N) is 3. The van der Waals surface area contributed by atoms with Crippen molar-refractivity contribution in [2.24, 2.45) is 15.9 Å². The van der Waals surface area contributed by atoms with E-state index in [-0.39, 0.29) is 22.8 Å². The number of nitrogens with two attached hydrogens (primary N) is 1. The summed E-state index contributed by atoms with van der Waals surface area (Å²) in [6.45, 7) is 0. The highest BCUT2D eigenvalue weighted by Gasteiger charge is 2.40. The van der Waals surface area contributed by atoms with E-state index in [9.17, 15) is 19.5 Å². The standard InChI is InChI=1S/C19H15ClN4O4S/c20-14-7-2-1-4-12(14)10-22-23-19(21)29-15-9-16(25)24(17(15)26)13-6-3-5-11(8-13)18(27)28/h1-8,10,15H,9H2,(H2,21,23)(H,27,28)/p-1/b22-10-/t15-/m0/s1. The maximum absolute atomic E-state index is 12.6. The number of halogens is 1.